The number of aromatic nitrogens is 4. The van der Waals surface area contributed by atoms with E-state index in [2.05, 4.69) is 55.9 Å². The summed E-state index contributed by atoms with van der Waals surface area (Å²) in [6.45, 7) is 9.77. The number of hydrogen-bond acceptors (Lipinski definition) is 2. The van der Waals surface area contributed by atoms with Crippen LogP contribution in [0.25, 0.3) is 0 Å². The quantitative estimate of drug-likeness (QED) is 0.821. The minimum atomic E-state index is 0.730. The lowest BCUT2D eigenvalue weighted by atomic mass is 10.3. The zero-order valence-corrected chi connectivity index (χ0v) is 14.1. The van der Waals surface area contributed by atoms with Crippen LogP contribution in [0.1, 0.15) is 29.7 Å². The Morgan fingerprint density at radius 2 is 1.50 bits per heavy atom. The minimum Gasteiger partial charge on any atom is -0.267 e. The summed E-state index contributed by atoms with van der Waals surface area (Å²) in [7, 11) is 0. The third-order valence-corrected chi connectivity index (χ3v) is 5.22. The van der Waals surface area contributed by atoms with Crippen molar-refractivity contribution in [3.63, 3.8) is 0 Å². The molecule has 6 heteroatoms. The van der Waals surface area contributed by atoms with Crippen LogP contribution in [0.5, 0.6) is 0 Å². The van der Waals surface area contributed by atoms with Crippen molar-refractivity contribution in [3.05, 3.63) is 31.7 Å². The molecule has 0 atom stereocenters. The molecule has 0 radical (unpaired) electrons. The van der Waals surface area contributed by atoms with Crippen molar-refractivity contribution in [1.82, 2.24) is 19.6 Å². The summed E-state index contributed by atoms with van der Waals surface area (Å²) >= 11 is 7.17. The maximum absolute atomic E-state index is 4.54. The molecule has 98 valence electrons. The number of halogens is 2. The monoisotopic (exact) mass is 374 g/mol. The van der Waals surface area contributed by atoms with Crippen molar-refractivity contribution in [1.29, 1.82) is 0 Å². The van der Waals surface area contributed by atoms with Crippen molar-refractivity contribution in [2.75, 3.05) is 0 Å². The van der Waals surface area contributed by atoms with Gasteiger partial charge in [-0.3, -0.25) is 9.36 Å². The van der Waals surface area contributed by atoms with Gasteiger partial charge in [-0.2, -0.15) is 10.2 Å². The van der Waals surface area contributed by atoms with Crippen LogP contribution in [-0.2, 0) is 13.1 Å². The molecule has 0 saturated carbocycles. The first-order valence-corrected chi connectivity index (χ1v) is 7.45. The van der Waals surface area contributed by atoms with E-state index in [1.165, 1.54) is 0 Å². The first-order chi connectivity index (χ1) is 8.45. The van der Waals surface area contributed by atoms with Crippen molar-refractivity contribution in [2.24, 2.45) is 0 Å². The fourth-order valence-corrected chi connectivity index (χ4v) is 2.68. The third-order valence-electron chi connectivity index (χ3n) is 3.05. The number of rotatable bonds is 3. The molecule has 2 aromatic heterocycles. The van der Waals surface area contributed by atoms with Gasteiger partial charge in [-0.15, -0.1) is 0 Å². The van der Waals surface area contributed by atoms with Crippen LogP contribution in [0.2, 0.25) is 0 Å². The molecule has 2 aromatic rings. The minimum absolute atomic E-state index is 0.730. The van der Waals surface area contributed by atoms with E-state index in [0.717, 1.165) is 44.8 Å². The molecule has 0 aromatic carbocycles. The standard InChI is InChI=1S/C12H16Br2N4/c1-5-17-10(12(14)8(3)15-17)6-18-9(4)11(13)7(2)16-18/h5-6H2,1-4H3. The highest BCUT2D eigenvalue weighted by Crippen LogP contribution is 2.25. The lowest BCUT2D eigenvalue weighted by molar-refractivity contribution is 0.565. The van der Waals surface area contributed by atoms with Gasteiger partial charge in [-0.05, 0) is 59.6 Å². The van der Waals surface area contributed by atoms with Gasteiger partial charge in [-0.25, -0.2) is 0 Å². The maximum Gasteiger partial charge on any atom is 0.0843 e. The van der Waals surface area contributed by atoms with Crippen LogP contribution in [0.15, 0.2) is 8.95 Å². The Balaban J connectivity index is 2.42. The lowest BCUT2D eigenvalue weighted by Crippen LogP contribution is -2.10. The topological polar surface area (TPSA) is 35.6 Å². The van der Waals surface area contributed by atoms with Gasteiger partial charge in [0.25, 0.3) is 0 Å². The van der Waals surface area contributed by atoms with E-state index >= 15 is 0 Å². The predicted molar refractivity (Wildman–Crippen MR) is 78.8 cm³/mol. The van der Waals surface area contributed by atoms with Gasteiger partial charge in [-0.1, -0.05) is 0 Å². The van der Waals surface area contributed by atoms with Crippen molar-refractivity contribution in [2.45, 2.75) is 40.8 Å². The summed E-state index contributed by atoms with van der Waals surface area (Å²) in [5.74, 6) is 0. The maximum atomic E-state index is 4.54. The molecule has 0 saturated heterocycles. The molecule has 4 nitrogen and oxygen atoms in total. The normalized spacial score (nSPS) is 11.2. The lowest BCUT2D eigenvalue weighted by Gasteiger charge is -2.07. The molecule has 0 N–H and O–H groups in total. The van der Waals surface area contributed by atoms with Gasteiger partial charge in [0.15, 0.2) is 0 Å². The zero-order chi connectivity index (χ0) is 13.4. The first kappa shape index (κ1) is 13.8. The molecule has 0 aliphatic heterocycles. The molecule has 0 aliphatic rings. The van der Waals surface area contributed by atoms with Crippen molar-refractivity contribution in [3.8, 4) is 0 Å². The van der Waals surface area contributed by atoms with E-state index in [1.807, 2.05) is 23.2 Å². The molecule has 0 amide bonds. The summed E-state index contributed by atoms with van der Waals surface area (Å²) in [5, 5.41) is 9.04. The molecule has 0 spiro atoms. The summed E-state index contributed by atoms with van der Waals surface area (Å²) < 4.78 is 6.18. The molecular weight excluding hydrogens is 360 g/mol. The Bertz CT molecular complexity index is 583. The molecule has 0 unspecified atom stereocenters. The second-order valence-electron chi connectivity index (χ2n) is 4.30. The number of aryl methyl sites for hydroxylation is 3. The fourth-order valence-electron chi connectivity index (χ4n) is 1.99. The second-order valence-corrected chi connectivity index (χ2v) is 5.89. The van der Waals surface area contributed by atoms with Crippen LogP contribution in [-0.4, -0.2) is 19.6 Å². The molecule has 2 heterocycles. The second kappa shape index (κ2) is 5.17. The average molecular weight is 376 g/mol. The van der Waals surface area contributed by atoms with Crippen LogP contribution in [0, 0.1) is 20.8 Å². The van der Waals surface area contributed by atoms with E-state index < -0.39 is 0 Å². The summed E-state index contributed by atoms with van der Waals surface area (Å²) in [6.07, 6.45) is 0. The summed E-state index contributed by atoms with van der Waals surface area (Å²) in [4.78, 5) is 0. The molecule has 0 fully saturated rings. The van der Waals surface area contributed by atoms with Crippen LogP contribution >= 0.6 is 31.9 Å². The highest BCUT2D eigenvalue weighted by molar-refractivity contribution is 9.10. The van der Waals surface area contributed by atoms with E-state index in [0.29, 0.717) is 0 Å². The van der Waals surface area contributed by atoms with E-state index in [9.17, 15) is 0 Å². The first-order valence-electron chi connectivity index (χ1n) is 5.87. The summed E-state index contributed by atoms with van der Waals surface area (Å²) in [5.41, 5.74) is 4.34. The summed E-state index contributed by atoms with van der Waals surface area (Å²) in [6, 6.07) is 0. The number of hydrogen-bond donors (Lipinski definition) is 0. The van der Waals surface area contributed by atoms with Crippen LogP contribution in [0.4, 0.5) is 0 Å². The smallest absolute Gasteiger partial charge is 0.0843 e. The van der Waals surface area contributed by atoms with Crippen molar-refractivity contribution >= 4 is 31.9 Å². The SMILES string of the molecule is CCn1nc(C)c(Br)c1Cn1nc(C)c(Br)c1C. The van der Waals surface area contributed by atoms with Crippen LogP contribution in [0.3, 0.4) is 0 Å². The highest BCUT2D eigenvalue weighted by atomic mass is 79.9. The third kappa shape index (κ3) is 2.28. The Kier molecular flexibility index (Phi) is 3.96. The van der Waals surface area contributed by atoms with E-state index in [-0.39, 0.29) is 0 Å². The number of nitrogens with zero attached hydrogens (tertiary/aromatic N) is 4. The Hall–Kier alpha value is -0.620. The van der Waals surface area contributed by atoms with Gasteiger partial charge in [0.2, 0.25) is 0 Å². The molecule has 18 heavy (non-hydrogen) atoms. The molecule has 0 bridgehead atoms. The van der Waals surface area contributed by atoms with Crippen LogP contribution < -0.4 is 0 Å². The van der Waals surface area contributed by atoms with Gasteiger partial charge < -0.3 is 0 Å². The van der Waals surface area contributed by atoms with Gasteiger partial charge in [0.05, 0.1) is 38.3 Å². The Morgan fingerprint density at radius 1 is 0.944 bits per heavy atom. The van der Waals surface area contributed by atoms with Gasteiger partial charge >= 0.3 is 0 Å². The van der Waals surface area contributed by atoms with Crippen molar-refractivity contribution < 1.29 is 0 Å². The van der Waals surface area contributed by atoms with E-state index in [4.69, 9.17) is 0 Å². The molecule has 0 aliphatic carbocycles. The molecular formula is C12H16Br2N4. The average Bonchev–Trinajstić information content (AvgIpc) is 2.75. The highest BCUT2D eigenvalue weighted by Gasteiger charge is 2.15. The molecule has 2 rings (SSSR count). The predicted octanol–water partition coefficient (Wildman–Crippen LogP) is 3.60. The largest absolute Gasteiger partial charge is 0.267 e. The Labute approximate surface area is 124 Å². The van der Waals surface area contributed by atoms with Gasteiger partial charge in [0.1, 0.15) is 0 Å². The van der Waals surface area contributed by atoms with E-state index in [1.54, 1.807) is 0 Å². The fraction of sp³-hybridized carbons (Fsp3) is 0.500. The zero-order valence-electron chi connectivity index (χ0n) is 11.0. The Morgan fingerprint density at radius 3 is 2.00 bits per heavy atom. The van der Waals surface area contributed by atoms with Gasteiger partial charge in [0, 0.05) is 6.54 Å².